The molecule has 4 rings (SSSR count). The van der Waals surface area contributed by atoms with Crippen molar-refractivity contribution in [2.45, 2.75) is 24.8 Å². The van der Waals surface area contributed by atoms with Gasteiger partial charge in [-0.05, 0) is 56.3 Å². The third kappa shape index (κ3) is 4.49. The number of nitrogens with two attached hydrogens (primary N) is 1. The molecule has 11 heteroatoms. The summed E-state index contributed by atoms with van der Waals surface area (Å²) in [5.41, 5.74) is 2.45. The molecule has 0 saturated heterocycles. The Balaban J connectivity index is 1.57. The molecule has 0 saturated carbocycles. The Morgan fingerprint density at radius 2 is 1.97 bits per heavy atom. The molecule has 1 aliphatic rings. The third-order valence-electron chi connectivity index (χ3n) is 4.85. The number of primary sulfonamides is 1. The van der Waals surface area contributed by atoms with E-state index in [0.717, 1.165) is 16.3 Å². The maximum Gasteiger partial charge on any atom is 0.268 e. The molecule has 3 N–H and O–H groups in total. The van der Waals surface area contributed by atoms with Crippen LogP contribution in [0, 0.1) is 6.92 Å². The second-order valence-electron chi connectivity index (χ2n) is 7.24. The SMILES string of the molecule is Cc1nc(-c2ccc3c(c2)N(CC(=O)Nc2ccc(S(N)(=O)=O)cc2)C(=O)C(C)O3)cs1. The van der Waals surface area contributed by atoms with Crippen LogP contribution in [0.25, 0.3) is 11.3 Å². The summed E-state index contributed by atoms with van der Waals surface area (Å²) in [5, 5.41) is 10.6. The predicted molar refractivity (Wildman–Crippen MR) is 121 cm³/mol. The fourth-order valence-electron chi connectivity index (χ4n) is 3.30. The molecule has 32 heavy (non-hydrogen) atoms. The van der Waals surface area contributed by atoms with Gasteiger partial charge in [-0.25, -0.2) is 18.5 Å². The van der Waals surface area contributed by atoms with Crippen LogP contribution < -0.4 is 20.1 Å². The van der Waals surface area contributed by atoms with E-state index in [1.54, 1.807) is 19.1 Å². The van der Waals surface area contributed by atoms with Crippen LogP contribution in [-0.2, 0) is 19.6 Å². The van der Waals surface area contributed by atoms with Gasteiger partial charge in [0.15, 0.2) is 6.10 Å². The Labute approximate surface area is 188 Å². The second-order valence-corrected chi connectivity index (χ2v) is 9.86. The van der Waals surface area contributed by atoms with E-state index in [4.69, 9.17) is 9.88 Å². The topological polar surface area (TPSA) is 132 Å². The van der Waals surface area contributed by atoms with Gasteiger partial charge in [0.1, 0.15) is 12.3 Å². The molecule has 0 spiro atoms. The summed E-state index contributed by atoms with van der Waals surface area (Å²) in [6.45, 7) is 3.29. The van der Waals surface area contributed by atoms with Gasteiger partial charge in [-0.3, -0.25) is 14.5 Å². The quantitative estimate of drug-likeness (QED) is 0.587. The van der Waals surface area contributed by atoms with Crippen molar-refractivity contribution in [2.24, 2.45) is 5.14 Å². The molecule has 1 aliphatic heterocycles. The minimum atomic E-state index is -3.83. The van der Waals surface area contributed by atoms with Crippen LogP contribution in [0.4, 0.5) is 11.4 Å². The third-order valence-corrected chi connectivity index (χ3v) is 6.55. The first kappa shape index (κ1) is 21.9. The van der Waals surface area contributed by atoms with Crippen LogP contribution in [-0.4, -0.2) is 37.9 Å². The van der Waals surface area contributed by atoms with Crippen LogP contribution in [0.1, 0.15) is 11.9 Å². The lowest BCUT2D eigenvalue weighted by atomic mass is 10.1. The van der Waals surface area contributed by atoms with Crippen molar-refractivity contribution < 1.29 is 22.7 Å². The van der Waals surface area contributed by atoms with E-state index >= 15 is 0 Å². The summed E-state index contributed by atoms with van der Waals surface area (Å²) >= 11 is 1.52. The minimum Gasteiger partial charge on any atom is -0.479 e. The summed E-state index contributed by atoms with van der Waals surface area (Å²) in [7, 11) is -3.83. The van der Waals surface area contributed by atoms with Crippen molar-refractivity contribution in [1.29, 1.82) is 0 Å². The van der Waals surface area contributed by atoms with Gasteiger partial charge in [-0.15, -0.1) is 11.3 Å². The number of sulfonamides is 1. The lowest BCUT2D eigenvalue weighted by Gasteiger charge is -2.32. The number of ether oxygens (including phenoxy) is 1. The molecule has 0 bridgehead atoms. The fraction of sp³-hybridized carbons (Fsp3) is 0.190. The molecule has 1 aromatic heterocycles. The number of thiazole rings is 1. The molecule has 2 aromatic carbocycles. The first-order chi connectivity index (χ1) is 15.1. The maximum atomic E-state index is 12.8. The number of anilines is 2. The summed E-state index contributed by atoms with van der Waals surface area (Å²) in [4.78, 5) is 31.3. The number of aromatic nitrogens is 1. The second kappa shape index (κ2) is 8.34. The number of nitrogens with zero attached hydrogens (tertiary/aromatic N) is 2. The molecule has 2 amide bonds. The molecule has 166 valence electrons. The van der Waals surface area contributed by atoms with E-state index in [1.807, 2.05) is 18.4 Å². The van der Waals surface area contributed by atoms with E-state index in [9.17, 15) is 18.0 Å². The summed E-state index contributed by atoms with van der Waals surface area (Å²) in [6.07, 6.45) is -0.739. The molecule has 0 aliphatic carbocycles. The summed E-state index contributed by atoms with van der Waals surface area (Å²) < 4.78 is 28.5. The van der Waals surface area contributed by atoms with E-state index in [2.05, 4.69) is 10.3 Å². The zero-order valence-electron chi connectivity index (χ0n) is 17.2. The highest BCUT2D eigenvalue weighted by Gasteiger charge is 2.33. The average Bonchev–Trinajstić information content (AvgIpc) is 3.17. The molecule has 2 heterocycles. The lowest BCUT2D eigenvalue weighted by Crippen LogP contribution is -2.47. The largest absolute Gasteiger partial charge is 0.479 e. The van der Waals surface area contributed by atoms with Crippen LogP contribution in [0.15, 0.2) is 52.7 Å². The number of fused-ring (bicyclic) bond motifs is 1. The molecule has 9 nitrogen and oxygen atoms in total. The summed E-state index contributed by atoms with van der Waals surface area (Å²) in [5.74, 6) is -0.293. The number of carbonyl (C=O) groups is 2. The Kier molecular flexibility index (Phi) is 5.71. The van der Waals surface area contributed by atoms with E-state index in [0.29, 0.717) is 17.1 Å². The van der Waals surface area contributed by atoms with Crippen LogP contribution in [0.5, 0.6) is 5.75 Å². The highest BCUT2D eigenvalue weighted by atomic mass is 32.2. The van der Waals surface area contributed by atoms with Gasteiger partial charge in [-0.1, -0.05) is 0 Å². The van der Waals surface area contributed by atoms with E-state index < -0.39 is 22.0 Å². The molecule has 1 atom stereocenters. The smallest absolute Gasteiger partial charge is 0.268 e. The Hall–Kier alpha value is -3.28. The van der Waals surface area contributed by atoms with Crippen molar-refractivity contribution >= 4 is 44.5 Å². The first-order valence-corrected chi connectivity index (χ1v) is 12.0. The number of aryl methyl sites for hydroxylation is 1. The number of benzene rings is 2. The summed E-state index contributed by atoms with van der Waals surface area (Å²) in [6, 6.07) is 10.9. The van der Waals surface area contributed by atoms with Gasteiger partial charge in [0.25, 0.3) is 5.91 Å². The Morgan fingerprint density at radius 1 is 1.25 bits per heavy atom. The molecule has 0 fully saturated rings. The monoisotopic (exact) mass is 472 g/mol. The molecule has 0 radical (unpaired) electrons. The van der Waals surface area contributed by atoms with Crippen molar-refractivity contribution in [2.75, 3.05) is 16.8 Å². The van der Waals surface area contributed by atoms with E-state index in [-0.39, 0.29) is 17.3 Å². The molecular formula is C21H20N4O5S2. The molecule has 1 unspecified atom stereocenters. The highest BCUT2D eigenvalue weighted by Crippen LogP contribution is 2.37. The van der Waals surface area contributed by atoms with E-state index in [1.165, 1.54) is 40.5 Å². The lowest BCUT2D eigenvalue weighted by molar-refractivity contribution is -0.127. The minimum absolute atomic E-state index is 0.0635. The number of carbonyl (C=O) groups excluding carboxylic acids is 2. The van der Waals surface area contributed by atoms with Gasteiger partial charge in [0, 0.05) is 16.6 Å². The normalized spacial score (nSPS) is 15.8. The molecular weight excluding hydrogens is 452 g/mol. The van der Waals surface area contributed by atoms with Crippen molar-refractivity contribution in [3.05, 3.63) is 52.9 Å². The van der Waals surface area contributed by atoms with Gasteiger partial charge in [0.2, 0.25) is 15.9 Å². The number of hydrogen-bond donors (Lipinski definition) is 2. The van der Waals surface area contributed by atoms with Gasteiger partial charge in [-0.2, -0.15) is 0 Å². The number of amides is 2. The zero-order valence-corrected chi connectivity index (χ0v) is 18.9. The molecule has 3 aromatic rings. The number of rotatable bonds is 5. The van der Waals surface area contributed by atoms with Gasteiger partial charge < -0.3 is 10.1 Å². The predicted octanol–water partition coefficient (Wildman–Crippen LogP) is 2.52. The van der Waals surface area contributed by atoms with Crippen LogP contribution in [0.2, 0.25) is 0 Å². The first-order valence-electron chi connectivity index (χ1n) is 9.59. The zero-order chi connectivity index (χ0) is 23.0. The highest BCUT2D eigenvalue weighted by molar-refractivity contribution is 7.89. The standard InChI is InChI=1S/C21H20N4O5S2/c1-12-21(27)25(10-20(26)24-15-4-6-16(7-5-15)32(22,28)29)18-9-14(3-8-19(18)30-12)17-11-31-13(2)23-17/h3-9,11-12H,10H2,1-2H3,(H,24,26)(H2,22,28,29). The van der Waals surface area contributed by atoms with Gasteiger partial charge in [0.05, 0.1) is 21.3 Å². The van der Waals surface area contributed by atoms with Gasteiger partial charge >= 0.3 is 0 Å². The number of hydrogen-bond acceptors (Lipinski definition) is 7. The van der Waals surface area contributed by atoms with Crippen LogP contribution in [0.3, 0.4) is 0 Å². The van der Waals surface area contributed by atoms with Crippen LogP contribution >= 0.6 is 11.3 Å². The Bertz CT molecular complexity index is 1300. The van der Waals surface area contributed by atoms with Crippen molar-refractivity contribution in [3.63, 3.8) is 0 Å². The maximum absolute atomic E-state index is 12.8. The van der Waals surface area contributed by atoms with Crippen molar-refractivity contribution in [3.8, 4) is 17.0 Å². The average molecular weight is 473 g/mol. The Morgan fingerprint density at radius 3 is 2.59 bits per heavy atom. The number of nitrogens with one attached hydrogen (secondary N) is 1. The fourth-order valence-corrected chi connectivity index (χ4v) is 4.43. The van der Waals surface area contributed by atoms with Crippen molar-refractivity contribution in [1.82, 2.24) is 4.98 Å².